The molecule has 3 aromatic rings. The van der Waals surface area contributed by atoms with Gasteiger partial charge < -0.3 is 4.42 Å². The second-order valence-corrected chi connectivity index (χ2v) is 7.44. The number of fused-ring (bicyclic) bond motifs is 1. The fourth-order valence-electron chi connectivity index (χ4n) is 2.01. The van der Waals surface area contributed by atoms with E-state index in [-0.39, 0.29) is 4.90 Å². The van der Waals surface area contributed by atoms with Crippen LogP contribution in [-0.4, -0.2) is 14.6 Å². The summed E-state index contributed by atoms with van der Waals surface area (Å²) in [6.45, 7) is 0. The van der Waals surface area contributed by atoms with Crippen molar-refractivity contribution in [2.24, 2.45) is 5.10 Å². The topological polar surface area (TPSA) is 88.7 Å². The zero-order valence-electron chi connectivity index (χ0n) is 12.1. The summed E-state index contributed by atoms with van der Waals surface area (Å²) in [5.41, 5.74) is 0.691. The van der Waals surface area contributed by atoms with E-state index in [0.29, 0.717) is 16.5 Å². The third-order valence-electron chi connectivity index (χ3n) is 3.15. The normalized spacial score (nSPS) is 11.9. The van der Waals surface area contributed by atoms with Crippen LogP contribution in [0.2, 0.25) is 0 Å². The standard InChI is InChI=1S/C16H11BrN2O4S/c17-13-3-5-14(6-4-13)24(21,22)19-18-10-11-1-7-15-12(9-11)2-8-16(20)23-15/h1-10,19H/b18-10+. The highest BCUT2D eigenvalue weighted by Gasteiger charge is 2.11. The van der Waals surface area contributed by atoms with Crippen molar-refractivity contribution in [1.29, 1.82) is 0 Å². The molecule has 0 fully saturated rings. The summed E-state index contributed by atoms with van der Waals surface area (Å²) in [5, 5.41) is 4.49. The van der Waals surface area contributed by atoms with E-state index in [2.05, 4.69) is 25.9 Å². The molecule has 0 bridgehead atoms. The summed E-state index contributed by atoms with van der Waals surface area (Å²) >= 11 is 3.25. The van der Waals surface area contributed by atoms with Gasteiger partial charge >= 0.3 is 5.63 Å². The second kappa shape index (κ2) is 6.58. The molecule has 1 heterocycles. The minimum absolute atomic E-state index is 0.114. The number of nitrogens with zero attached hydrogens (tertiary/aromatic N) is 1. The lowest BCUT2D eigenvalue weighted by Crippen LogP contribution is -2.18. The Kier molecular flexibility index (Phi) is 4.50. The van der Waals surface area contributed by atoms with E-state index >= 15 is 0 Å². The molecule has 2 aromatic carbocycles. The predicted octanol–water partition coefficient (Wildman–Crippen LogP) is 2.87. The Morgan fingerprint density at radius 1 is 1.04 bits per heavy atom. The van der Waals surface area contributed by atoms with Crippen molar-refractivity contribution in [3.8, 4) is 0 Å². The predicted molar refractivity (Wildman–Crippen MR) is 94.5 cm³/mol. The molecule has 6 nitrogen and oxygen atoms in total. The zero-order valence-corrected chi connectivity index (χ0v) is 14.5. The van der Waals surface area contributed by atoms with Crippen molar-refractivity contribution in [3.63, 3.8) is 0 Å². The molecule has 0 saturated heterocycles. The van der Waals surface area contributed by atoms with Crippen LogP contribution in [0.3, 0.4) is 0 Å². The molecule has 0 unspecified atom stereocenters. The third-order valence-corrected chi connectivity index (χ3v) is 4.92. The van der Waals surface area contributed by atoms with Crippen molar-refractivity contribution in [1.82, 2.24) is 4.83 Å². The summed E-state index contributed by atoms with van der Waals surface area (Å²) in [6, 6.07) is 14.2. The minimum Gasteiger partial charge on any atom is -0.423 e. The summed E-state index contributed by atoms with van der Waals surface area (Å²) in [6.07, 6.45) is 1.38. The smallest absolute Gasteiger partial charge is 0.336 e. The molecular weight excluding hydrogens is 396 g/mol. The average molecular weight is 407 g/mol. The Labute approximate surface area is 146 Å². The third kappa shape index (κ3) is 3.72. The Hall–Kier alpha value is -2.45. The highest BCUT2D eigenvalue weighted by molar-refractivity contribution is 9.10. The molecule has 122 valence electrons. The van der Waals surface area contributed by atoms with Crippen LogP contribution >= 0.6 is 15.9 Å². The van der Waals surface area contributed by atoms with Crippen LogP contribution in [0.15, 0.2) is 78.3 Å². The molecule has 3 rings (SSSR count). The van der Waals surface area contributed by atoms with Gasteiger partial charge in [0.05, 0.1) is 11.1 Å². The number of nitrogens with one attached hydrogen (secondary N) is 1. The fourth-order valence-corrected chi connectivity index (χ4v) is 3.06. The van der Waals surface area contributed by atoms with E-state index in [1.165, 1.54) is 24.4 Å². The average Bonchev–Trinajstić information content (AvgIpc) is 2.55. The summed E-state index contributed by atoms with van der Waals surface area (Å²) in [7, 11) is -3.72. The number of benzene rings is 2. The van der Waals surface area contributed by atoms with Gasteiger partial charge in [-0.2, -0.15) is 13.5 Å². The lowest BCUT2D eigenvalue weighted by molar-refractivity contribution is 0.561. The quantitative estimate of drug-likeness (QED) is 0.409. The Balaban J connectivity index is 1.79. The van der Waals surface area contributed by atoms with E-state index in [0.717, 1.165) is 4.47 Å². The first kappa shape index (κ1) is 16.4. The Morgan fingerprint density at radius 3 is 2.54 bits per heavy atom. The zero-order chi connectivity index (χ0) is 17.2. The highest BCUT2D eigenvalue weighted by Crippen LogP contribution is 2.15. The molecule has 0 aliphatic rings. The number of sulfonamides is 1. The van der Waals surface area contributed by atoms with Gasteiger partial charge in [0, 0.05) is 15.9 Å². The lowest BCUT2D eigenvalue weighted by atomic mass is 10.1. The van der Waals surface area contributed by atoms with E-state index in [9.17, 15) is 13.2 Å². The molecule has 0 aliphatic heterocycles. The van der Waals surface area contributed by atoms with Gasteiger partial charge in [0.25, 0.3) is 10.0 Å². The molecule has 0 spiro atoms. The molecule has 0 radical (unpaired) electrons. The molecule has 0 aliphatic carbocycles. The molecular formula is C16H11BrN2O4S. The molecule has 1 N–H and O–H groups in total. The number of hydrogen-bond acceptors (Lipinski definition) is 5. The summed E-state index contributed by atoms with van der Waals surface area (Å²) < 4.78 is 30.0. The van der Waals surface area contributed by atoms with Crippen molar-refractivity contribution in [2.45, 2.75) is 4.90 Å². The number of halogens is 1. The number of hydrogen-bond donors (Lipinski definition) is 1. The molecule has 0 atom stereocenters. The maximum atomic E-state index is 12.1. The summed E-state index contributed by atoms with van der Waals surface area (Å²) in [5.74, 6) is 0. The lowest BCUT2D eigenvalue weighted by Gasteiger charge is -2.03. The van der Waals surface area contributed by atoms with Gasteiger partial charge in [-0.1, -0.05) is 15.9 Å². The first-order chi connectivity index (χ1) is 11.4. The number of rotatable bonds is 4. The van der Waals surface area contributed by atoms with Gasteiger partial charge in [-0.05, 0) is 54.1 Å². The van der Waals surface area contributed by atoms with Crippen molar-refractivity contribution in [3.05, 3.63) is 75.1 Å². The van der Waals surface area contributed by atoms with Gasteiger partial charge in [0.15, 0.2) is 0 Å². The highest BCUT2D eigenvalue weighted by atomic mass is 79.9. The Morgan fingerprint density at radius 2 is 1.79 bits per heavy atom. The van der Waals surface area contributed by atoms with Crippen molar-refractivity contribution >= 4 is 43.1 Å². The second-order valence-electron chi connectivity index (χ2n) is 4.86. The summed E-state index contributed by atoms with van der Waals surface area (Å²) in [4.78, 5) is 13.4. The van der Waals surface area contributed by atoms with Crippen LogP contribution in [0.4, 0.5) is 0 Å². The molecule has 8 heteroatoms. The molecule has 0 saturated carbocycles. The van der Waals surface area contributed by atoms with Crippen molar-refractivity contribution < 1.29 is 12.8 Å². The van der Waals surface area contributed by atoms with Gasteiger partial charge in [-0.15, -0.1) is 0 Å². The van der Waals surface area contributed by atoms with Crippen molar-refractivity contribution in [2.75, 3.05) is 0 Å². The van der Waals surface area contributed by atoms with Gasteiger partial charge in [0.2, 0.25) is 0 Å². The Bertz CT molecular complexity index is 1070. The first-order valence-electron chi connectivity index (χ1n) is 6.78. The van der Waals surface area contributed by atoms with Crippen LogP contribution in [-0.2, 0) is 10.0 Å². The van der Waals surface area contributed by atoms with Gasteiger partial charge in [-0.25, -0.2) is 9.63 Å². The SMILES string of the molecule is O=c1ccc2cc(/C=N/NS(=O)(=O)c3ccc(Br)cc3)ccc2o1. The molecule has 1 aromatic heterocycles. The maximum Gasteiger partial charge on any atom is 0.336 e. The van der Waals surface area contributed by atoms with Crippen LogP contribution in [0.25, 0.3) is 11.0 Å². The first-order valence-corrected chi connectivity index (χ1v) is 9.06. The van der Waals surface area contributed by atoms with Crippen LogP contribution in [0.1, 0.15) is 5.56 Å². The molecule has 0 amide bonds. The minimum atomic E-state index is -3.72. The maximum absolute atomic E-state index is 12.1. The van der Waals surface area contributed by atoms with Crippen LogP contribution in [0, 0.1) is 0 Å². The fraction of sp³-hybridized carbons (Fsp3) is 0. The number of hydrazone groups is 1. The van der Waals surface area contributed by atoms with E-state index < -0.39 is 15.6 Å². The van der Waals surface area contributed by atoms with E-state index in [1.54, 1.807) is 36.4 Å². The largest absolute Gasteiger partial charge is 0.423 e. The van der Waals surface area contributed by atoms with E-state index in [4.69, 9.17) is 4.42 Å². The van der Waals surface area contributed by atoms with Crippen LogP contribution in [0.5, 0.6) is 0 Å². The van der Waals surface area contributed by atoms with Gasteiger partial charge in [0.1, 0.15) is 5.58 Å². The molecule has 24 heavy (non-hydrogen) atoms. The van der Waals surface area contributed by atoms with Gasteiger partial charge in [-0.3, -0.25) is 0 Å². The van der Waals surface area contributed by atoms with Crippen LogP contribution < -0.4 is 10.5 Å². The monoisotopic (exact) mass is 406 g/mol. The van der Waals surface area contributed by atoms with E-state index in [1.807, 2.05) is 0 Å².